The summed E-state index contributed by atoms with van der Waals surface area (Å²) < 4.78 is 5.30. The number of amides is 1. The fourth-order valence-electron chi connectivity index (χ4n) is 1.28. The maximum atomic E-state index is 11.5. The summed E-state index contributed by atoms with van der Waals surface area (Å²) in [5.74, 6) is 0.430. The van der Waals surface area contributed by atoms with Gasteiger partial charge in [-0.15, -0.1) is 0 Å². The lowest BCUT2D eigenvalue weighted by atomic mass is 10.2. The largest absolute Gasteiger partial charge is 0.484 e. The second kappa shape index (κ2) is 6.85. The van der Waals surface area contributed by atoms with Gasteiger partial charge in [-0.2, -0.15) is 0 Å². The highest BCUT2D eigenvalue weighted by Gasteiger charge is 2.12. The summed E-state index contributed by atoms with van der Waals surface area (Å²) in [6.45, 7) is 1.87. The zero-order chi connectivity index (χ0) is 12.7. The van der Waals surface area contributed by atoms with Crippen LogP contribution in [-0.2, 0) is 4.79 Å². The van der Waals surface area contributed by atoms with E-state index in [0.29, 0.717) is 17.2 Å². The van der Waals surface area contributed by atoms with Gasteiger partial charge in [-0.25, -0.2) is 0 Å². The highest BCUT2D eigenvalue weighted by Crippen LogP contribution is 2.07. The van der Waals surface area contributed by atoms with Gasteiger partial charge in [0.1, 0.15) is 5.75 Å². The molecule has 0 aliphatic carbocycles. The highest BCUT2D eigenvalue weighted by molar-refractivity contribution is 7.80. The van der Waals surface area contributed by atoms with E-state index in [-0.39, 0.29) is 18.6 Å². The smallest absolute Gasteiger partial charge is 0.258 e. The Morgan fingerprint density at radius 1 is 1.47 bits per heavy atom. The molecule has 0 bridgehead atoms. The van der Waals surface area contributed by atoms with Crippen LogP contribution in [0.25, 0.3) is 0 Å². The van der Waals surface area contributed by atoms with Gasteiger partial charge in [0, 0.05) is 0 Å². The fourth-order valence-corrected chi connectivity index (χ4v) is 1.50. The second-order valence-corrected chi connectivity index (χ2v) is 4.00. The monoisotopic (exact) mass is 252 g/mol. The van der Waals surface area contributed by atoms with Gasteiger partial charge in [-0.3, -0.25) is 4.79 Å². The molecule has 0 aliphatic rings. The van der Waals surface area contributed by atoms with E-state index in [2.05, 4.69) is 5.32 Å². The van der Waals surface area contributed by atoms with Crippen LogP contribution >= 0.6 is 12.2 Å². The zero-order valence-electron chi connectivity index (χ0n) is 9.68. The molecule has 0 radical (unpaired) electrons. The molecule has 92 valence electrons. The van der Waals surface area contributed by atoms with Crippen LogP contribution in [0.2, 0.25) is 0 Å². The maximum Gasteiger partial charge on any atom is 0.258 e. The SMILES string of the molecule is CCC(NC(=O)COc1ccccc1)C(N)=S. The van der Waals surface area contributed by atoms with Crippen LogP contribution in [0.4, 0.5) is 0 Å². The van der Waals surface area contributed by atoms with E-state index < -0.39 is 0 Å². The minimum Gasteiger partial charge on any atom is -0.484 e. The molecular formula is C12H16N2O2S. The lowest BCUT2D eigenvalue weighted by Gasteiger charge is -2.15. The number of carbonyl (C=O) groups is 1. The number of nitrogens with two attached hydrogens (primary N) is 1. The molecule has 17 heavy (non-hydrogen) atoms. The van der Waals surface area contributed by atoms with Crippen molar-refractivity contribution in [2.45, 2.75) is 19.4 Å². The van der Waals surface area contributed by atoms with Crippen molar-refractivity contribution < 1.29 is 9.53 Å². The van der Waals surface area contributed by atoms with E-state index in [1.807, 2.05) is 25.1 Å². The molecule has 1 amide bonds. The van der Waals surface area contributed by atoms with E-state index in [1.165, 1.54) is 0 Å². The van der Waals surface area contributed by atoms with E-state index in [1.54, 1.807) is 12.1 Å². The first kappa shape index (κ1) is 13.4. The molecule has 5 heteroatoms. The molecule has 1 unspecified atom stereocenters. The number of hydrogen-bond donors (Lipinski definition) is 2. The Morgan fingerprint density at radius 2 is 2.12 bits per heavy atom. The normalized spacial score (nSPS) is 11.6. The van der Waals surface area contributed by atoms with Crippen LogP contribution in [0.5, 0.6) is 5.75 Å². The lowest BCUT2D eigenvalue weighted by Crippen LogP contribution is -2.44. The minimum absolute atomic E-state index is 0.0386. The average Bonchev–Trinajstić information content (AvgIpc) is 2.34. The first-order valence-corrected chi connectivity index (χ1v) is 5.80. The summed E-state index contributed by atoms with van der Waals surface area (Å²) in [5.41, 5.74) is 5.48. The Hall–Kier alpha value is -1.62. The topological polar surface area (TPSA) is 64.3 Å². The van der Waals surface area contributed by atoms with Crippen molar-refractivity contribution in [1.29, 1.82) is 0 Å². The molecule has 0 aliphatic heterocycles. The van der Waals surface area contributed by atoms with Crippen LogP contribution in [0.3, 0.4) is 0 Å². The molecule has 4 nitrogen and oxygen atoms in total. The van der Waals surface area contributed by atoms with Crippen molar-refractivity contribution in [3.8, 4) is 5.75 Å². The van der Waals surface area contributed by atoms with Crippen LogP contribution in [0.15, 0.2) is 30.3 Å². The summed E-state index contributed by atoms with van der Waals surface area (Å²) >= 11 is 4.83. The van der Waals surface area contributed by atoms with E-state index in [0.717, 1.165) is 0 Å². The van der Waals surface area contributed by atoms with E-state index in [9.17, 15) is 4.79 Å². The van der Waals surface area contributed by atoms with Gasteiger partial charge in [0.2, 0.25) is 0 Å². The summed E-state index contributed by atoms with van der Waals surface area (Å²) in [6.07, 6.45) is 0.673. The molecule has 0 fully saturated rings. The molecule has 0 aromatic heterocycles. The van der Waals surface area contributed by atoms with Crippen molar-refractivity contribution >= 4 is 23.1 Å². The number of carbonyl (C=O) groups excluding carboxylic acids is 1. The van der Waals surface area contributed by atoms with Crippen molar-refractivity contribution in [3.05, 3.63) is 30.3 Å². The molecule has 0 heterocycles. The van der Waals surface area contributed by atoms with Gasteiger partial charge in [0.05, 0.1) is 11.0 Å². The molecule has 1 aromatic rings. The van der Waals surface area contributed by atoms with Gasteiger partial charge < -0.3 is 15.8 Å². The first-order valence-electron chi connectivity index (χ1n) is 5.40. The van der Waals surface area contributed by atoms with Crippen LogP contribution < -0.4 is 15.8 Å². The molecule has 3 N–H and O–H groups in total. The Kier molecular flexibility index (Phi) is 5.42. The van der Waals surface area contributed by atoms with Crippen LogP contribution in [0, 0.1) is 0 Å². The second-order valence-electron chi connectivity index (χ2n) is 3.53. The number of nitrogens with one attached hydrogen (secondary N) is 1. The van der Waals surface area contributed by atoms with Crippen LogP contribution in [0.1, 0.15) is 13.3 Å². The fraction of sp³-hybridized carbons (Fsp3) is 0.333. The first-order chi connectivity index (χ1) is 8.13. The molecule has 0 saturated carbocycles. The lowest BCUT2D eigenvalue weighted by molar-refractivity contribution is -0.123. The number of benzene rings is 1. The molecule has 1 aromatic carbocycles. The highest BCUT2D eigenvalue weighted by atomic mass is 32.1. The number of thiocarbonyl (C=S) groups is 1. The maximum absolute atomic E-state index is 11.5. The van der Waals surface area contributed by atoms with Gasteiger partial charge in [-0.05, 0) is 18.6 Å². The Morgan fingerprint density at radius 3 is 2.65 bits per heavy atom. The van der Waals surface area contributed by atoms with Crippen molar-refractivity contribution in [2.24, 2.45) is 5.73 Å². The molecular weight excluding hydrogens is 236 g/mol. The van der Waals surface area contributed by atoms with Gasteiger partial charge in [-0.1, -0.05) is 37.3 Å². The Labute approximate surface area is 106 Å². The molecule has 1 rings (SSSR count). The Balaban J connectivity index is 2.37. The standard InChI is InChI=1S/C12H16N2O2S/c1-2-10(12(13)17)14-11(15)8-16-9-6-4-3-5-7-9/h3-7,10H,2,8H2,1H3,(H2,13,17)(H,14,15). The number of hydrogen-bond acceptors (Lipinski definition) is 3. The Bertz CT molecular complexity index is 381. The predicted molar refractivity (Wildman–Crippen MR) is 70.9 cm³/mol. The minimum atomic E-state index is -0.267. The van der Waals surface area contributed by atoms with Gasteiger partial charge >= 0.3 is 0 Å². The molecule has 1 atom stereocenters. The quantitative estimate of drug-likeness (QED) is 0.748. The number of rotatable bonds is 6. The third kappa shape index (κ3) is 4.82. The zero-order valence-corrected chi connectivity index (χ0v) is 10.5. The van der Waals surface area contributed by atoms with Crippen molar-refractivity contribution in [1.82, 2.24) is 5.32 Å². The summed E-state index contributed by atoms with van der Waals surface area (Å²) in [4.78, 5) is 11.8. The summed E-state index contributed by atoms with van der Waals surface area (Å²) in [7, 11) is 0. The van der Waals surface area contributed by atoms with Crippen molar-refractivity contribution in [2.75, 3.05) is 6.61 Å². The van der Waals surface area contributed by atoms with Gasteiger partial charge in [0.25, 0.3) is 5.91 Å². The van der Waals surface area contributed by atoms with Crippen LogP contribution in [-0.4, -0.2) is 23.5 Å². The third-order valence-electron chi connectivity index (χ3n) is 2.20. The van der Waals surface area contributed by atoms with Crippen molar-refractivity contribution in [3.63, 3.8) is 0 Å². The van der Waals surface area contributed by atoms with E-state index in [4.69, 9.17) is 22.7 Å². The number of ether oxygens (including phenoxy) is 1. The number of para-hydroxylation sites is 1. The summed E-state index contributed by atoms with van der Waals surface area (Å²) in [6, 6.07) is 8.88. The summed E-state index contributed by atoms with van der Waals surface area (Å²) in [5, 5.41) is 2.71. The predicted octanol–water partition coefficient (Wildman–Crippen LogP) is 1.25. The third-order valence-corrected chi connectivity index (χ3v) is 2.48. The molecule has 0 spiro atoms. The van der Waals surface area contributed by atoms with E-state index >= 15 is 0 Å². The molecule has 0 saturated heterocycles. The van der Waals surface area contributed by atoms with Gasteiger partial charge in [0.15, 0.2) is 6.61 Å². The average molecular weight is 252 g/mol.